The van der Waals surface area contributed by atoms with Crippen LogP contribution in [0.1, 0.15) is 13.8 Å². The van der Waals surface area contributed by atoms with Gasteiger partial charge in [0, 0.05) is 24.8 Å². The average molecular weight is 299 g/mol. The van der Waals surface area contributed by atoms with Crippen molar-refractivity contribution in [3.63, 3.8) is 0 Å². The molecule has 0 bridgehead atoms. The van der Waals surface area contributed by atoms with E-state index in [9.17, 15) is 9.90 Å². The maximum atomic E-state index is 12.1. The van der Waals surface area contributed by atoms with Gasteiger partial charge in [0.05, 0.1) is 6.10 Å². The van der Waals surface area contributed by atoms with Crippen LogP contribution in [-0.4, -0.2) is 40.2 Å². The zero-order valence-electron chi connectivity index (χ0n) is 12.9. The molecule has 0 radical (unpaired) electrons. The van der Waals surface area contributed by atoms with Crippen LogP contribution >= 0.6 is 0 Å². The summed E-state index contributed by atoms with van der Waals surface area (Å²) in [5.41, 5.74) is 2.08. The monoisotopic (exact) mass is 299 g/mol. The van der Waals surface area contributed by atoms with Gasteiger partial charge in [0.25, 0.3) is 0 Å². The van der Waals surface area contributed by atoms with E-state index in [0.717, 1.165) is 11.1 Å². The highest BCUT2D eigenvalue weighted by Crippen LogP contribution is 2.19. The van der Waals surface area contributed by atoms with Gasteiger partial charge < -0.3 is 10.0 Å². The van der Waals surface area contributed by atoms with E-state index in [1.807, 2.05) is 43.3 Å². The molecule has 2 N–H and O–H groups in total. The van der Waals surface area contributed by atoms with E-state index < -0.39 is 6.10 Å². The number of aliphatic hydroxyl groups is 1. The minimum Gasteiger partial charge on any atom is -0.392 e. The SMILES string of the molecule is CCN(C[C@H](C)O)C(=O)Nc1ccc(-c2ccccc2)cn1. The molecule has 1 heterocycles. The Morgan fingerprint density at radius 1 is 1.23 bits per heavy atom. The number of hydrogen-bond donors (Lipinski definition) is 2. The average Bonchev–Trinajstić information content (AvgIpc) is 2.54. The topological polar surface area (TPSA) is 65.5 Å². The fraction of sp³-hybridized carbons (Fsp3) is 0.294. The van der Waals surface area contributed by atoms with Crippen molar-refractivity contribution in [2.24, 2.45) is 0 Å². The number of pyridine rings is 1. The summed E-state index contributed by atoms with van der Waals surface area (Å²) in [6.45, 7) is 4.35. The molecule has 22 heavy (non-hydrogen) atoms. The van der Waals surface area contributed by atoms with Crippen molar-refractivity contribution < 1.29 is 9.90 Å². The zero-order valence-corrected chi connectivity index (χ0v) is 12.9. The fourth-order valence-electron chi connectivity index (χ4n) is 2.13. The number of likely N-dealkylation sites (N-methyl/N-ethyl adjacent to an activating group) is 1. The fourth-order valence-corrected chi connectivity index (χ4v) is 2.13. The molecule has 5 heteroatoms. The molecular formula is C17H21N3O2. The highest BCUT2D eigenvalue weighted by Gasteiger charge is 2.14. The lowest BCUT2D eigenvalue weighted by atomic mass is 10.1. The van der Waals surface area contributed by atoms with Crippen LogP contribution in [0.15, 0.2) is 48.7 Å². The van der Waals surface area contributed by atoms with Gasteiger partial charge >= 0.3 is 6.03 Å². The van der Waals surface area contributed by atoms with Gasteiger partial charge in [0.15, 0.2) is 0 Å². The number of carbonyl (C=O) groups is 1. The molecule has 0 aliphatic heterocycles. The molecule has 1 aromatic carbocycles. The number of nitrogens with one attached hydrogen (secondary N) is 1. The van der Waals surface area contributed by atoms with Crippen LogP contribution < -0.4 is 5.32 Å². The highest BCUT2D eigenvalue weighted by atomic mass is 16.3. The Balaban J connectivity index is 2.03. The van der Waals surface area contributed by atoms with Crippen LogP contribution in [0.5, 0.6) is 0 Å². The number of nitrogens with zero attached hydrogens (tertiary/aromatic N) is 2. The van der Waals surface area contributed by atoms with Gasteiger partial charge in [-0.3, -0.25) is 5.32 Å². The van der Waals surface area contributed by atoms with Crippen LogP contribution in [0.3, 0.4) is 0 Å². The maximum absolute atomic E-state index is 12.1. The van der Waals surface area contributed by atoms with Gasteiger partial charge in [-0.25, -0.2) is 9.78 Å². The number of aromatic nitrogens is 1. The van der Waals surface area contributed by atoms with Gasteiger partial charge in [0.2, 0.25) is 0 Å². The normalized spacial score (nSPS) is 11.8. The second-order valence-electron chi connectivity index (χ2n) is 5.12. The van der Waals surface area contributed by atoms with Gasteiger partial charge in [-0.1, -0.05) is 30.3 Å². The third kappa shape index (κ3) is 4.30. The van der Waals surface area contributed by atoms with Crippen molar-refractivity contribution in [1.82, 2.24) is 9.88 Å². The van der Waals surface area contributed by atoms with Gasteiger partial charge in [-0.2, -0.15) is 0 Å². The first-order chi connectivity index (χ1) is 10.6. The standard InChI is InChI=1S/C17H21N3O2/c1-3-20(12-13(2)21)17(22)19-16-10-9-15(11-18-16)14-7-5-4-6-8-14/h4-11,13,21H,3,12H2,1-2H3,(H,18,19,22)/t13-/m0/s1. The van der Waals surface area contributed by atoms with E-state index >= 15 is 0 Å². The van der Waals surface area contributed by atoms with E-state index in [0.29, 0.717) is 18.9 Å². The number of carbonyl (C=O) groups excluding carboxylic acids is 1. The molecule has 0 aliphatic rings. The molecule has 5 nitrogen and oxygen atoms in total. The van der Waals surface area contributed by atoms with Gasteiger partial charge in [-0.15, -0.1) is 0 Å². The summed E-state index contributed by atoms with van der Waals surface area (Å²) < 4.78 is 0. The van der Waals surface area contributed by atoms with Crippen molar-refractivity contribution >= 4 is 11.8 Å². The number of benzene rings is 1. The Kier molecular flexibility index (Phi) is 5.49. The summed E-state index contributed by atoms with van der Waals surface area (Å²) in [4.78, 5) is 17.9. The molecule has 0 saturated carbocycles. The van der Waals surface area contributed by atoms with Crippen molar-refractivity contribution in [2.75, 3.05) is 18.4 Å². The van der Waals surface area contributed by atoms with E-state index in [-0.39, 0.29) is 6.03 Å². The Morgan fingerprint density at radius 2 is 1.95 bits per heavy atom. The van der Waals surface area contributed by atoms with Crippen molar-refractivity contribution in [3.8, 4) is 11.1 Å². The summed E-state index contributed by atoms with van der Waals surface area (Å²) in [7, 11) is 0. The van der Waals surface area contributed by atoms with Crippen LogP contribution in [-0.2, 0) is 0 Å². The summed E-state index contributed by atoms with van der Waals surface area (Å²) in [6.07, 6.45) is 1.18. The first-order valence-electron chi connectivity index (χ1n) is 7.35. The number of amides is 2. The molecule has 2 rings (SSSR count). The zero-order chi connectivity index (χ0) is 15.9. The minimum atomic E-state index is -0.556. The summed E-state index contributed by atoms with van der Waals surface area (Å²) in [6, 6.07) is 13.4. The van der Waals surface area contributed by atoms with Crippen molar-refractivity contribution in [1.29, 1.82) is 0 Å². The van der Waals surface area contributed by atoms with Crippen LogP contribution in [0.2, 0.25) is 0 Å². The predicted octanol–water partition coefficient (Wildman–Crippen LogP) is 2.98. The lowest BCUT2D eigenvalue weighted by Gasteiger charge is -2.22. The number of urea groups is 1. The molecule has 1 atom stereocenters. The first kappa shape index (κ1) is 16.0. The first-order valence-corrected chi connectivity index (χ1v) is 7.35. The minimum absolute atomic E-state index is 0.261. The third-order valence-electron chi connectivity index (χ3n) is 3.26. The quantitative estimate of drug-likeness (QED) is 0.892. The molecule has 0 spiro atoms. The molecule has 2 amide bonds. The Hall–Kier alpha value is -2.40. The largest absolute Gasteiger partial charge is 0.392 e. The molecule has 0 fully saturated rings. The number of hydrogen-bond acceptors (Lipinski definition) is 3. The summed E-state index contributed by atoms with van der Waals surface area (Å²) >= 11 is 0. The lowest BCUT2D eigenvalue weighted by Crippen LogP contribution is -2.39. The molecular weight excluding hydrogens is 278 g/mol. The molecule has 0 saturated heterocycles. The van der Waals surface area contributed by atoms with Crippen LogP contribution in [0.4, 0.5) is 10.6 Å². The second kappa shape index (κ2) is 7.56. The van der Waals surface area contributed by atoms with Crippen molar-refractivity contribution in [2.45, 2.75) is 20.0 Å². The maximum Gasteiger partial charge on any atom is 0.323 e. The molecule has 0 unspecified atom stereocenters. The van der Waals surface area contributed by atoms with Crippen LogP contribution in [0.25, 0.3) is 11.1 Å². The molecule has 0 aliphatic carbocycles. The number of anilines is 1. The Labute approximate surface area is 130 Å². The summed E-state index contributed by atoms with van der Waals surface area (Å²) in [5.74, 6) is 0.494. The summed E-state index contributed by atoms with van der Waals surface area (Å²) in [5, 5.41) is 12.1. The number of rotatable bonds is 5. The van der Waals surface area contributed by atoms with E-state index in [1.165, 1.54) is 4.90 Å². The smallest absolute Gasteiger partial charge is 0.323 e. The third-order valence-corrected chi connectivity index (χ3v) is 3.26. The van der Waals surface area contributed by atoms with Crippen molar-refractivity contribution in [3.05, 3.63) is 48.7 Å². The van der Waals surface area contributed by atoms with Gasteiger partial charge in [-0.05, 0) is 31.5 Å². The van der Waals surface area contributed by atoms with E-state index in [1.54, 1.807) is 19.2 Å². The van der Waals surface area contributed by atoms with Gasteiger partial charge in [0.1, 0.15) is 5.82 Å². The Morgan fingerprint density at radius 3 is 2.50 bits per heavy atom. The molecule has 116 valence electrons. The van der Waals surface area contributed by atoms with E-state index in [2.05, 4.69) is 10.3 Å². The Bertz CT molecular complexity index is 597. The molecule has 2 aromatic rings. The number of aliphatic hydroxyl groups excluding tert-OH is 1. The predicted molar refractivity (Wildman–Crippen MR) is 87.6 cm³/mol. The highest BCUT2D eigenvalue weighted by molar-refractivity contribution is 5.88. The lowest BCUT2D eigenvalue weighted by molar-refractivity contribution is 0.141. The van der Waals surface area contributed by atoms with Crippen LogP contribution in [0, 0.1) is 0 Å². The second-order valence-corrected chi connectivity index (χ2v) is 5.12. The molecule has 1 aromatic heterocycles. The van der Waals surface area contributed by atoms with E-state index in [4.69, 9.17) is 0 Å².